The predicted octanol–water partition coefficient (Wildman–Crippen LogP) is 1.25. The summed E-state index contributed by atoms with van der Waals surface area (Å²) in [5, 5.41) is 19.3. The first-order chi connectivity index (χ1) is 7.60. The zero-order valence-electron chi connectivity index (χ0n) is 8.79. The Morgan fingerprint density at radius 1 is 1.56 bits per heavy atom. The van der Waals surface area contributed by atoms with Crippen LogP contribution in [-0.4, -0.2) is 35.1 Å². The summed E-state index contributed by atoms with van der Waals surface area (Å²) < 4.78 is 4.55. The van der Waals surface area contributed by atoms with Gasteiger partial charge in [-0.1, -0.05) is 0 Å². The Kier molecular flexibility index (Phi) is 5.27. The van der Waals surface area contributed by atoms with Crippen molar-refractivity contribution in [3.8, 4) is 0 Å². The number of rotatable bonds is 5. The summed E-state index contributed by atoms with van der Waals surface area (Å²) in [7, 11) is 1.30. The van der Waals surface area contributed by atoms with Gasteiger partial charge in [0.15, 0.2) is 0 Å². The normalized spacial score (nSPS) is 14.5. The summed E-state index contributed by atoms with van der Waals surface area (Å²) in [6, 6.07) is 3.19. The minimum atomic E-state index is -0.976. The van der Waals surface area contributed by atoms with E-state index in [4.69, 9.17) is 0 Å². The Hall–Kier alpha value is -0.560. The van der Waals surface area contributed by atoms with E-state index in [1.807, 2.05) is 0 Å². The van der Waals surface area contributed by atoms with Crippen LogP contribution < -0.4 is 0 Å². The summed E-state index contributed by atoms with van der Waals surface area (Å²) in [6.45, 7) is 0. The fourth-order valence-electron chi connectivity index (χ4n) is 1.20. The van der Waals surface area contributed by atoms with E-state index in [9.17, 15) is 15.0 Å². The summed E-state index contributed by atoms with van der Waals surface area (Å²) in [6.07, 6.45) is -1.44. The van der Waals surface area contributed by atoms with Crippen molar-refractivity contribution in [1.29, 1.82) is 0 Å². The van der Waals surface area contributed by atoms with Crippen LogP contribution in [0.4, 0.5) is 0 Å². The molecule has 0 aliphatic rings. The van der Waals surface area contributed by atoms with E-state index in [2.05, 4.69) is 17.4 Å². The Balaban J connectivity index is 2.73. The lowest BCUT2D eigenvalue weighted by molar-refractivity contribution is 0.0194. The molecule has 6 heteroatoms. The van der Waals surface area contributed by atoms with E-state index >= 15 is 0 Å². The van der Waals surface area contributed by atoms with Gasteiger partial charge in [0.1, 0.15) is 11.0 Å². The molecular weight excluding hydrogens is 248 g/mol. The van der Waals surface area contributed by atoms with E-state index in [0.717, 1.165) is 11.3 Å². The predicted molar refractivity (Wildman–Crippen MR) is 65.1 cm³/mol. The van der Waals surface area contributed by atoms with E-state index in [0.29, 0.717) is 21.9 Å². The Morgan fingerprint density at radius 3 is 2.81 bits per heavy atom. The number of carbonyl (C=O) groups excluding carboxylic acids is 1. The Labute approximate surface area is 103 Å². The van der Waals surface area contributed by atoms with Crippen LogP contribution in [0.15, 0.2) is 12.1 Å². The largest absolute Gasteiger partial charge is 0.465 e. The monoisotopic (exact) mass is 262 g/mol. The first kappa shape index (κ1) is 13.5. The Bertz CT molecular complexity index is 350. The van der Waals surface area contributed by atoms with Gasteiger partial charge in [-0.3, -0.25) is 0 Å². The van der Waals surface area contributed by atoms with Crippen molar-refractivity contribution in [2.24, 2.45) is 0 Å². The van der Waals surface area contributed by atoms with Gasteiger partial charge in [0.05, 0.1) is 13.2 Å². The zero-order chi connectivity index (χ0) is 12.1. The van der Waals surface area contributed by atoms with Crippen molar-refractivity contribution in [1.82, 2.24) is 0 Å². The maximum Gasteiger partial charge on any atom is 0.348 e. The second-order valence-electron chi connectivity index (χ2n) is 3.22. The van der Waals surface area contributed by atoms with Crippen LogP contribution in [0, 0.1) is 0 Å². The van der Waals surface area contributed by atoms with Gasteiger partial charge in [0, 0.05) is 4.88 Å². The molecule has 0 spiro atoms. The highest BCUT2D eigenvalue weighted by Gasteiger charge is 2.20. The summed E-state index contributed by atoms with van der Waals surface area (Å²) in [5.74, 6) is 0.0557. The first-order valence-electron chi connectivity index (χ1n) is 4.75. The number of esters is 1. The molecule has 0 saturated carbocycles. The third-order valence-corrected chi connectivity index (χ3v) is 3.49. The molecule has 0 fully saturated rings. The van der Waals surface area contributed by atoms with E-state index in [1.54, 1.807) is 12.1 Å². The molecule has 90 valence electrons. The van der Waals surface area contributed by atoms with Crippen molar-refractivity contribution in [3.63, 3.8) is 0 Å². The van der Waals surface area contributed by atoms with Crippen molar-refractivity contribution in [3.05, 3.63) is 21.9 Å². The molecule has 4 nitrogen and oxygen atoms in total. The van der Waals surface area contributed by atoms with Gasteiger partial charge in [0.25, 0.3) is 0 Å². The number of hydrogen-bond acceptors (Lipinski definition) is 6. The minimum Gasteiger partial charge on any atom is -0.465 e. The standard InChI is InChI=1S/C10H14O4S2/c1-14-10(13)8-3-2-7(16-8)9(12)6(11)4-5-15/h2-3,6,9,11-12,15H,4-5H2,1H3. The lowest BCUT2D eigenvalue weighted by Gasteiger charge is -2.14. The molecule has 0 saturated heterocycles. The SMILES string of the molecule is COC(=O)c1ccc(C(O)C(O)CCS)s1. The third-order valence-electron chi connectivity index (χ3n) is 2.09. The quantitative estimate of drug-likeness (QED) is 0.552. The average Bonchev–Trinajstić information content (AvgIpc) is 2.76. The van der Waals surface area contributed by atoms with Crippen LogP contribution in [-0.2, 0) is 4.74 Å². The maximum atomic E-state index is 11.2. The number of methoxy groups -OCH3 is 1. The number of ether oxygens (including phenoxy) is 1. The summed E-state index contributed by atoms with van der Waals surface area (Å²) in [5.41, 5.74) is 0. The van der Waals surface area contributed by atoms with Crippen LogP contribution >= 0.6 is 24.0 Å². The third kappa shape index (κ3) is 3.21. The van der Waals surface area contributed by atoms with Crippen molar-refractivity contribution >= 4 is 29.9 Å². The molecule has 2 atom stereocenters. The van der Waals surface area contributed by atoms with Gasteiger partial charge < -0.3 is 14.9 Å². The van der Waals surface area contributed by atoms with Crippen molar-refractivity contribution in [2.45, 2.75) is 18.6 Å². The van der Waals surface area contributed by atoms with Crippen LogP contribution in [0.5, 0.6) is 0 Å². The molecule has 0 amide bonds. The highest BCUT2D eigenvalue weighted by molar-refractivity contribution is 7.80. The average molecular weight is 262 g/mol. The summed E-state index contributed by atoms with van der Waals surface area (Å²) >= 11 is 5.10. The van der Waals surface area contributed by atoms with Crippen molar-refractivity contribution < 1.29 is 19.7 Å². The lowest BCUT2D eigenvalue weighted by atomic mass is 10.1. The highest BCUT2D eigenvalue weighted by Crippen LogP contribution is 2.27. The van der Waals surface area contributed by atoms with Gasteiger partial charge in [-0.15, -0.1) is 11.3 Å². The highest BCUT2D eigenvalue weighted by atomic mass is 32.1. The number of hydrogen-bond donors (Lipinski definition) is 3. The Morgan fingerprint density at radius 2 is 2.25 bits per heavy atom. The van der Waals surface area contributed by atoms with Crippen LogP contribution in [0.1, 0.15) is 27.1 Å². The molecule has 1 heterocycles. The van der Waals surface area contributed by atoms with Gasteiger partial charge in [-0.2, -0.15) is 12.6 Å². The number of carbonyl (C=O) groups is 1. The fraction of sp³-hybridized carbons (Fsp3) is 0.500. The van der Waals surface area contributed by atoms with Crippen LogP contribution in [0.3, 0.4) is 0 Å². The smallest absolute Gasteiger partial charge is 0.348 e. The fourth-order valence-corrected chi connectivity index (χ4v) is 2.44. The number of aliphatic hydroxyl groups excluding tert-OH is 2. The van der Waals surface area contributed by atoms with E-state index in [1.165, 1.54) is 7.11 Å². The number of aliphatic hydroxyl groups is 2. The molecule has 2 unspecified atom stereocenters. The molecule has 1 aromatic heterocycles. The van der Waals surface area contributed by atoms with Gasteiger partial charge in [-0.05, 0) is 24.3 Å². The van der Waals surface area contributed by atoms with Gasteiger partial charge >= 0.3 is 5.97 Å². The molecule has 0 aromatic carbocycles. The lowest BCUT2D eigenvalue weighted by Crippen LogP contribution is -2.17. The van der Waals surface area contributed by atoms with Crippen LogP contribution in [0.25, 0.3) is 0 Å². The minimum absolute atomic E-state index is 0.399. The topological polar surface area (TPSA) is 66.8 Å². The van der Waals surface area contributed by atoms with E-state index in [-0.39, 0.29) is 0 Å². The number of thiophene rings is 1. The van der Waals surface area contributed by atoms with Crippen molar-refractivity contribution in [2.75, 3.05) is 12.9 Å². The molecule has 2 N–H and O–H groups in total. The van der Waals surface area contributed by atoms with Crippen LogP contribution in [0.2, 0.25) is 0 Å². The molecule has 1 aromatic rings. The maximum absolute atomic E-state index is 11.2. The second kappa shape index (κ2) is 6.24. The molecule has 0 radical (unpaired) electrons. The van der Waals surface area contributed by atoms with Gasteiger partial charge in [0.2, 0.25) is 0 Å². The molecule has 0 aliphatic heterocycles. The first-order valence-corrected chi connectivity index (χ1v) is 6.20. The van der Waals surface area contributed by atoms with E-state index < -0.39 is 18.2 Å². The molecule has 0 aliphatic carbocycles. The second-order valence-corrected chi connectivity index (χ2v) is 4.78. The molecule has 16 heavy (non-hydrogen) atoms. The number of thiol groups is 1. The molecular formula is C10H14O4S2. The molecule has 1 rings (SSSR count). The zero-order valence-corrected chi connectivity index (χ0v) is 10.5. The molecule has 0 bridgehead atoms. The summed E-state index contributed by atoms with van der Waals surface area (Å²) in [4.78, 5) is 12.1. The van der Waals surface area contributed by atoms with Gasteiger partial charge in [-0.25, -0.2) is 4.79 Å².